The number of esters is 1. The van der Waals surface area contributed by atoms with E-state index >= 15 is 0 Å². The summed E-state index contributed by atoms with van der Waals surface area (Å²) in [5.41, 5.74) is 2.39. The number of ether oxygens (including phenoxy) is 1. The van der Waals surface area contributed by atoms with E-state index in [1.54, 1.807) is 6.08 Å². The van der Waals surface area contributed by atoms with Crippen LogP contribution in [0.15, 0.2) is 30.3 Å². The SMILES string of the molecule is COC(=O)C1CCCCC1CNC(=O)/C=C/c1ccc(C(C)(C)C)cc1. The average Bonchev–Trinajstić information content (AvgIpc) is 2.64. The number of rotatable bonds is 5. The van der Waals surface area contributed by atoms with E-state index in [1.807, 2.05) is 18.2 Å². The Morgan fingerprint density at radius 1 is 1.15 bits per heavy atom. The number of carbonyl (C=O) groups is 2. The van der Waals surface area contributed by atoms with Crippen molar-refractivity contribution >= 4 is 18.0 Å². The monoisotopic (exact) mass is 357 g/mol. The molecule has 1 aliphatic rings. The van der Waals surface area contributed by atoms with Gasteiger partial charge in [-0.25, -0.2) is 0 Å². The average molecular weight is 357 g/mol. The summed E-state index contributed by atoms with van der Waals surface area (Å²) in [6.07, 6.45) is 7.34. The van der Waals surface area contributed by atoms with Crippen LogP contribution in [0.1, 0.15) is 57.6 Å². The summed E-state index contributed by atoms with van der Waals surface area (Å²) in [7, 11) is 1.43. The molecular weight excluding hydrogens is 326 g/mol. The molecule has 26 heavy (non-hydrogen) atoms. The number of benzene rings is 1. The van der Waals surface area contributed by atoms with E-state index < -0.39 is 0 Å². The lowest BCUT2D eigenvalue weighted by atomic mass is 9.79. The molecule has 0 bridgehead atoms. The predicted octanol–water partition coefficient (Wildman–Crippen LogP) is 4.09. The molecule has 4 heteroatoms. The van der Waals surface area contributed by atoms with Gasteiger partial charge in [-0.15, -0.1) is 0 Å². The second-order valence-electron chi connectivity index (χ2n) is 8.12. The number of amides is 1. The van der Waals surface area contributed by atoms with Gasteiger partial charge in [-0.3, -0.25) is 9.59 Å². The smallest absolute Gasteiger partial charge is 0.309 e. The Morgan fingerprint density at radius 2 is 1.81 bits per heavy atom. The van der Waals surface area contributed by atoms with Gasteiger partial charge in [0, 0.05) is 12.6 Å². The normalized spacial score (nSPS) is 20.8. The van der Waals surface area contributed by atoms with Crippen molar-refractivity contribution in [2.45, 2.75) is 51.9 Å². The molecule has 142 valence electrons. The summed E-state index contributed by atoms with van der Waals surface area (Å²) in [6, 6.07) is 8.25. The molecule has 1 aromatic rings. The van der Waals surface area contributed by atoms with Crippen molar-refractivity contribution < 1.29 is 14.3 Å². The van der Waals surface area contributed by atoms with E-state index in [0.717, 1.165) is 31.2 Å². The van der Waals surface area contributed by atoms with Crippen LogP contribution in [0.3, 0.4) is 0 Å². The minimum Gasteiger partial charge on any atom is -0.469 e. The number of hydrogen-bond donors (Lipinski definition) is 1. The molecule has 0 aromatic heterocycles. The zero-order valence-corrected chi connectivity index (χ0v) is 16.4. The fourth-order valence-corrected chi connectivity index (χ4v) is 3.47. The number of carbonyl (C=O) groups excluding carboxylic acids is 2. The van der Waals surface area contributed by atoms with Crippen molar-refractivity contribution in [3.05, 3.63) is 41.5 Å². The van der Waals surface area contributed by atoms with Gasteiger partial charge in [0.2, 0.25) is 5.91 Å². The highest BCUT2D eigenvalue weighted by Crippen LogP contribution is 2.30. The Bertz CT molecular complexity index is 640. The maximum Gasteiger partial charge on any atom is 0.309 e. The first-order valence-corrected chi connectivity index (χ1v) is 9.45. The maximum atomic E-state index is 12.1. The van der Waals surface area contributed by atoms with Crippen LogP contribution in [0, 0.1) is 11.8 Å². The van der Waals surface area contributed by atoms with Gasteiger partial charge < -0.3 is 10.1 Å². The first-order valence-electron chi connectivity index (χ1n) is 9.45. The van der Waals surface area contributed by atoms with E-state index in [-0.39, 0.29) is 29.1 Å². The van der Waals surface area contributed by atoms with E-state index in [4.69, 9.17) is 4.74 Å². The second kappa shape index (κ2) is 9.02. The first kappa shape index (κ1) is 20.2. The molecule has 1 aliphatic carbocycles. The number of nitrogens with one attached hydrogen (secondary N) is 1. The van der Waals surface area contributed by atoms with E-state index in [0.29, 0.717) is 6.54 Å². The highest BCUT2D eigenvalue weighted by Gasteiger charge is 2.31. The molecule has 2 unspecified atom stereocenters. The third-order valence-electron chi connectivity index (χ3n) is 5.16. The Balaban J connectivity index is 1.87. The summed E-state index contributed by atoms with van der Waals surface area (Å²) in [4.78, 5) is 24.0. The second-order valence-corrected chi connectivity index (χ2v) is 8.12. The minimum atomic E-state index is -0.154. The van der Waals surface area contributed by atoms with Crippen molar-refractivity contribution in [3.8, 4) is 0 Å². The highest BCUT2D eigenvalue weighted by atomic mass is 16.5. The molecule has 2 atom stereocenters. The van der Waals surface area contributed by atoms with Gasteiger partial charge in [0.15, 0.2) is 0 Å². The first-order chi connectivity index (χ1) is 12.3. The molecule has 0 aliphatic heterocycles. The lowest BCUT2D eigenvalue weighted by Gasteiger charge is -2.29. The summed E-state index contributed by atoms with van der Waals surface area (Å²) in [5, 5.41) is 2.93. The minimum absolute atomic E-state index is 0.0945. The number of hydrogen-bond acceptors (Lipinski definition) is 3. The van der Waals surface area contributed by atoms with Crippen LogP contribution in [0.2, 0.25) is 0 Å². The molecule has 1 fully saturated rings. The van der Waals surface area contributed by atoms with Crippen LogP contribution >= 0.6 is 0 Å². The standard InChI is InChI=1S/C22H31NO3/c1-22(2,3)18-12-9-16(10-13-18)11-14-20(24)23-15-17-7-5-6-8-19(17)21(25)26-4/h9-14,17,19H,5-8,15H2,1-4H3,(H,23,24)/b14-11+. The van der Waals surface area contributed by atoms with E-state index in [2.05, 4.69) is 38.2 Å². The van der Waals surface area contributed by atoms with Gasteiger partial charge in [-0.2, -0.15) is 0 Å². The summed E-state index contributed by atoms with van der Waals surface area (Å²) in [6.45, 7) is 7.06. The molecule has 0 spiro atoms. The lowest BCUT2D eigenvalue weighted by Crippen LogP contribution is -2.37. The Labute approximate surface area is 157 Å². The zero-order chi connectivity index (χ0) is 19.2. The van der Waals surface area contributed by atoms with Crippen LogP contribution in [-0.4, -0.2) is 25.5 Å². The molecule has 1 saturated carbocycles. The molecule has 1 amide bonds. The Kier molecular flexibility index (Phi) is 7.01. The van der Waals surface area contributed by atoms with Crippen molar-refractivity contribution in [1.82, 2.24) is 5.32 Å². The predicted molar refractivity (Wildman–Crippen MR) is 105 cm³/mol. The molecule has 2 rings (SSSR count). The zero-order valence-electron chi connectivity index (χ0n) is 16.4. The van der Waals surface area contributed by atoms with Gasteiger partial charge in [0.1, 0.15) is 0 Å². The Morgan fingerprint density at radius 3 is 2.42 bits per heavy atom. The van der Waals surface area contributed by atoms with E-state index in [9.17, 15) is 9.59 Å². The van der Waals surface area contributed by atoms with Crippen LogP contribution in [-0.2, 0) is 19.7 Å². The quantitative estimate of drug-likeness (QED) is 0.638. The van der Waals surface area contributed by atoms with Gasteiger partial charge in [-0.05, 0) is 41.4 Å². The summed E-state index contributed by atoms with van der Waals surface area (Å²) in [5.74, 6) is -0.208. The largest absolute Gasteiger partial charge is 0.469 e. The van der Waals surface area contributed by atoms with Gasteiger partial charge in [0.25, 0.3) is 0 Å². The summed E-state index contributed by atoms with van der Waals surface area (Å²) >= 11 is 0. The third kappa shape index (κ3) is 5.72. The van der Waals surface area contributed by atoms with Crippen molar-refractivity contribution in [3.63, 3.8) is 0 Å². The van der Waals surface area contributed by atoms with Gasteiger partial charge in [-0.1, -0.05) is 57.9 Å². The fourth-order valence-electron chi connectivity index (χ4n) is 3.47. The molecule has 4 nitrogen and oxygen atoms in total. The van der Waals surface area contributed by atoms with E-state index in [1.165, 1.54) is 12.7 Å². The Hall–Kier alpha value is -2.10. The van der Waals surface area contributed by atoms with Crippen molar-refractivity contribution in [2.24, 2.45) is 11.8 Å². The fraction of sp³-hybridized carbons (Fsp3) is 0.545. The maximum absolute atomic E-state index is 12.1. The molecule has 0 radical (unpaired) electrons. The van der Waals surface area contributed by atoms with Crippen LogP contribution in [0.25, 0.3) is 6.08 Å². The molecule has 0 saturated heterocycles. The molecule has 1 aromatic carbocycles. The van der Waals surface area contributed by atoms with Crippen molar-refractivity contribution in [1.29, 1.82) is 0 Å². The highest BCUT2D eigenvalue weighted by molar-refractivity contribution is 5.91. The van der Waals surface area contributed by atoms with Crippen LogP contribution in [0.4, 0.5) is 0 Å². The third-order valence-corrected chi connectivity index (χ3v) is 5.16. The molecular formula is C22H31NO3. The van der Waals surface area contributed by atoms with Gasteiger partial charge in [0.05, 0.1) is 13.0 Å². The summed E-state index contributed by atoms with van der Waals surface area (Å²) < 4.78 is 4.90. The topological polar surface area (TPSA) is 55.4 Å². The van der Waals surface area contributed by atoms with Gasteiger partial charge >= 0.3 is 5.97 Å². The van der Waals surface area contributed by atoms with Crippen LogP contribution in [0.5, 0.6) is 0 Å². The molecule has 1 N–H and O–H groups in total. The number of methoxy groups -OCH3 is 1. The molecule has 0 heterocycles. The van der Waals surface area contributed by atoms with Crippen molar-refractivity contribution in [2.75, 3.05) is 13.7 Å². The van der Waals surface area contributed by atoms with Crippen LogP contribution < -0.4 is 5.32 Å². The lowest BCUT2D eigenvalue weighted by molar-refractivity contribution is -0.148.